The summed E-state index contributed by atoms with van der Waals surface area (Å²) in [6.45, 7) is 1.90. The maximum atomic E-state index is 8.89. The maximum Gasteiger partial charge on any atom is 0.183 e. The molecule has 0 aromatic heterocycles. The largest absolute Gasteiger partial charge is 0.489 e. The summed E-state index contributed by atoms with van der Waals surface area (Å²) in [5.74, 6) is 0.780. The van der Waals surface area contributed by atoms with Crippen LogP contribution >= 0.6 is 0 Å². The Morgan fingerprint density at radius 3 is 2.59 bits per heavy atom. The fourth-order valence-corrected chi connectivity index (χ4v) is 2.30. The highest BCUT2D eigenvalue weighted by Crippen LogP contribution is 2.25. The summed E-state index contributed by atoms with van der Waals surface area (Å²) in [6.07, 6.45) is 0.675. The van der Waals surface area contributed by atoms with Crippen LogP contribution in [0.4, 0.5) is 0 Å². The molecule has 22 heavy (non-hydrogen) atoms. The third kappa shape index (κ3) is 3.64. The van der Waals surface area contributed by atoms with E-state index in [2.05, 4.69) is 6.07 Å². The molecule has 4 heteroatoms. The molecule has 2 aromatic carbocycles. The van der Waals surface area contributed by atoms with Crippen molar-refractivity contribution in [3.8, 4) is 11.8 Å². The van der Waals surface area contributed by atoms with Gasteiger partial charge >= 0.3 is 0 Å². The minimum atomic E-state index is -0.268. The van der Waals surface area contributed by atoms with E-state index in [0.29, 0.717) is 12.2 Å². The summed E-state index contributed by atoms with van der Waals surface area (Å²) in [5.41, 5.74) is 2.61. The lowest BCUT2D eigenvalue weighted by atomic mass is 10.1. The molecule has 0 unspecified atom stereocenters. The van der Waals surface area contributed by atoms with Gasteiger partial charge in [0.05, 0.1) is 24.8 Å². The van der Waals surface area contributed by atoms with Crippen LogP contribution in [0.2, 0.25) is 0 Å². The van der Waals surface area contributed by atoms with Gasteiger partial charge < -0.3 is 14.2 Å². The van der Waals surface area contributed by atoms with E-state index < -0.39 is 0 Å². The van der Waals surface area contributed by atoms with Crippen LogP contribution in [-0.2, 0) is 16.1 Å². The molecule has 0 spiro atoms. The molecule has 0 N–H and O–H groups in total. The first-order valence-electron chi connectivity index (χ1n) is 7.30. The van der Waals surface area contributed by atoms with Crippen molar-refractivity contribution in [2.75, 3.05) is 13.2 Å². The summed E-state index contributed by atoms with van der Waals surface area (Å²) >= 11 is 0. The molecule has 1 aliphatic heterocycles. The smallest absolute Gasteiger partial charge is 0.183 e. The second-order valence-corrected chi connectivity index (χ2v) is 5.10. The lowest BCUT2D eigenvalue weighted by molar-refractivity contribution is -0.183. The zero-order valence-electron chi connectivity index (χ0n) is 12.2. The Kier molecular flexibility index (Phi) is 4.69. The van der Waals surface area contributed by atoms with Gasteiger partial charge in [0.15, 0.2) is 6.29 Å². The van der Waals surface area contributed by atoms with E-state index in [1.54, 1.807) is 6.07 Å². The second-order valence-electron chi connectivity index (χ2n) is 5.10. The highest BCUT2D eigenvalue weighted by atomic mass is 16.7. The summed E-state index contributed by atoms with van der Waals surface area (Å²) < 4.78 is 16.9. The third-order valence-electron chi connectivity index (χ3n) is 3.44. The Bertz CT molecular complexity index is 655. The second kappa shape index (κ2) is 7.08. The molecule has 0 amide bonds. The highest BCUT2D eigenvalue weighted by Gasteiger charge is 2.16. The predicted octanol–water partition coefficient (Wildman–Crippen LogP) is 3.57. The molecular formula is C18H17NO3. The Hall–Kier alpha value is -2.35. The van der Waals surface area contributed by atoms with Crippen molar-refractivity contribution in [1.29, 1.82) is 5.26 Å². The minimum absolute atomic E-state index is 0.268. The summed E-state index contributed by atoms with van der Waals surface area (Å²) in [7, 11) is 0. The van der Waals surface area contributed by atoms with Gasteiger partial charge in [-0.25, -0.2) is 0 Å². The van der Waals surface area contributed by atoms with Gasteiger partial charge in [0, 0.05) is 5.56 Å². The van der Waals surface area contributed by atoms with Crippen LogP contribution in [0.25, 0.3) is 0 Å². The molecule has 2 aromatic rings. The van der Waals surface area contributed by atoms with E-state index in [1.807, 2.05) is 42.5 Å². The molecule has 0 aliphatic carbocycles. The summed E-state index contributed by atoms with van der Waals surface area (Å²) in [5, 5.41) is 8.89. The Morgan fingerprint density at radius 2 is 1.86 bits per heavy atom. The van der Waals surface area contributed by atoms with E-state index in [4.69, 9.17) is 19.5 Å². The van der Waals surface area contributed by atoms with Gasteiger partial charge in [0.2, 0.25) is 0 Å². The molecule has 1 aliphatic rings. The van der Waals surface area contributed by atoms with Crippen molar-refractivity contribution in [2.24, 2.45) is 0 Å². The van der Waals surface area contributed by atoms with Gasteiger partial charge in [-0.15, -0.1) is 0 Å². The number of hydrogen-bond acceptors (Lipinski definition) is 4. The number of hydrogen-bond donors (Lipinski definition) is 0. The van der Waals surface area contributed by atoms with Crippen LogP contribution in [0.3, 0.4) is 0 Å². The first kappa shape index (κ1) is 14.6. The van der Waals surface area contributed by atoms with E-state index in [9.17, 15) is 0 Å². The van der Waals surface area contributed by atoms with E-state index in [1.165, 1.54) is 0 Å². The summed E-state index contributed by atoms with van der Waals surface area (Å²) in [4.78, 5) is 0. The first-order chi connectivity index (χ1) is 10.8. The average molecular weight is 295 g/mol. The van der Waals surface area contributed by atoms with E-state index in [-0.39, 0.29) is 6.29 Å². The number of nitriles is 1. The molecule has 1 fully saturated rings. The molecule has 1 saturated heterocycles. The molecule has 0 saturated carbocycles. The molecular weight excluding hydrogens is 278 g/mol. The fraction of sp³-hybridized carbons (Fsp3) is 0.278. The number of rotatable bonds is 4. The van der Waals surface area contributed by atoms with Crippen molar-refractivity contribution < 1.29 is 14.2 Å². The van der Waals surface area contributed by atoms with E-state index >= 15 is 0 Å². The maximum absolute atomic E-state index is 8.89. The van der Waals surface area contributed by atoms with Gasteiger partial charge in [-0.05, 0) is 36.2 Å². The van der Waals surface area contributed by atoms with E-state index in [0.717, 1.165) is 36.5 Å². The van der Waals surface area contributed by atoms with Crippen LogP contribution in [-0.4, -0.2) is 13.2 Å². The SMILES string of the molecule is N#Cc1cccc(COc2ccc(C3OCCCO3)cc2)c1. The number of benzene rings is 2. The van der Waals surface area contributed by atoms with Crippen LogP contribution < -0.4 is 4.74 Å². The topological polar surface area (TPSA) is 51.5 Å². The number of ether oxygens (including phenoxy) is 3. The van der Waals surface area contributed by atoms with Crippen molar-refractivity contribution in [3.63, 3.8) is 0 Å². The van der Waals surface area contributed by atoms with Gasteiger partial charge in [-0.1, -0.05) is 24.3 Å². The molecule has 0 atom stereocenters. The minimum Gasteiger partial charge on any atom is -0.489 e. The van der Waals surface area contributed by atoms with Crippen molar-refractivity contribution in [3.05, 3.63) is 65.2 Å². The van der Waals surface area contributed by atoms with Gasteiger partial charge in [-0.2, -0.15) is 5.26 Å². The Labute approximate surface area is 129 Å². The monoisotopic (exact) mass is 295 g/mol. The van der Waals surface area contributed by atoms with Gasteiger partial charge in [-0.3, -0.25) is 0 Å². The van der Waals surface area contributed by atoms with Gasteiger partial charge in [0.25, 0.3) is 0 Å². The normalized spacial score (nSPS) is 15.2. The zero-order valence-corrected chi connectivity index (χ0v) is 12.2. The quantitative estimate of drug-likeness (QED) is 0.865. The van der Waals surface area contributed by atoms with Crippen LogP contribution in [0.15, 0.2) is 48.5 Å². The highest BCUT2D eigenvalue weighted by molar-refractivity contribution is 5.33. The lowest BCUT2D eigenvalue weighted by Gasteiger charge is -2.23. The average Bonchev–Trinajstić information content (AvgIpc) is 2.61. The van der Waals surface area contributed by atoms with Crippen molar-refractivity contribution >= 4 is 0 Å². The fourth-order valence-electron chi connectivity index (χ4n) is 2.30. The molecule has 0 bridgehead atoms. The van der Waals surface area contributed by atoms with Crippen molar-refractivity contribution in [1.82, 2.24) is 0 Å². The Balaban J connectivity index is 1.60. The standard InChI is InChI=1S/C18H17NO3/c19-12-14-3-1-4-15(11-14)13-22-17-7-5-16(6-8-17)18-20-9-2-10-21-18/h1,3-8,11,18H,2,9-10,13H2. The molecule has 1 heterocycles. The number of nitrogens with zero attached hydrogens (tertiary/aromatic N) is 1. The predicted molar refractivity (Wildman–Crippen MR) is 81.2 cm³/mol. The lowest BCUT2D eigenvalue weighted by Crippen LogP contribution is -2.17. The van der Waals surface area contributed by atoms with Crippen LogP contribution in [0.5, 0.6) is 5.75 Å². The first-order valence-corrected chi connectivity index (χ1v) is 7.30. The molecule has 0 radical (unpaired) electrons. The molecule has 112 valence electrons. The molecule has 4 nitrogen and oxygen atoms in total. The van der Waals surface area contributed by atoms with Gasteiger partial charge in [0.1, 0.15) is 12.4 Å². The zero-order chi connectivity index (χ0) is 15.2. The Morgan fingerprint density at radius 1 is 1.09 bits per heavy atom. The summed E-state index contributed by atoms with van der Waals surface area (Å²) in [6, 6.07) is 17.3. The molecule has 3 rings (SSSR count). The van der Waals surface area contributed by atoms with Crippen molar-refractivity contribution in [2.45, 2.75) is 19.3 Å². The van der Waals surface area contributed by atoms with Crippen LogP contribution in [0, 0.1) is 11.3 Å². The van der Waals surface area contributed by atoms with Crippen LogP contribution in [0.1, 0.15) is 29.4 Å². The third-order valence-corrected chi connectivity index (χ3v) is 3.44.